The van der Waals surface area contributed by atoms with Crippen LogP contribution in [0.3, 0.4) is 0 Å². The standard InChI is InChI=1S/C15H31N3O3S/c1-14(2)18(15(19)8-9-16-22(3,20)21)13-12-17-10-6-4-5-7-11-17/h14,16H,4-13H2,1-3H3. The van der Waals surface area contributed by atoms with Gasteiger partial charge in [0.15, 0.2) is 0 Å². The van der Waals surface area contributed by atoms with E-state index in [-0.39, 0.29) is 24.9 Å². The Bertz CT molecular complexity index is 429. The topological polar surface area (TPSA) is 69.7 Å². The van der Waals surface area contributed by atoms with Crippen LogP contribution in [0.4, 0.5) is 0 Å². The van der Waals surface area contributed by atoms with E-state index in [0.717, 1.165) is 32.4 Å². The summed E-state index contributed by atoms with van der Waals surface area (Å²) >= 11 is 0. The lowest BCUT2D eigenvalue weighted by Crippen LogP contribution is -2.43. The Kier molecular flexibility index (Phi) is 8.35. The van der Waals surface area contributed by atoms with Crippen molar-refractivity contribution in [1.29, 1.82) is 0 Å². The third kappa shape index (κ3) is 8.10. The maximum Gasteiger partial charge on any atom is 0.224 e. The first kappa shape index (κ1) is 19.4. The highest BCUT2D eigenvalue weighted by Gasteiger charge is 2.18. The second kappa shape index (κ2) is 9.47. The summed E-state index contributed by atoms with van der Waals surface area (Å²) < 4.78 is 24.5. The van der Waals surface area contributed by atoms with E-state index in [9.17, 15) is 13.2 Å². The van der Waals surface area contributed by atoms with Crippen LogP contribution in [-0.4, -0.2) is 69.1 Å². The number of rotatable bonds is 8. The van der Waals surface area contributed by atoms with Crippen LogP contribution in [0, 0.1) is 0 Å². The number of sulfonamides is 1. The van der Waals surface area contributed by atoms with E-state index in [1.165, 1.54) is 25.7 Å². The van der Waals surface area contributed by atoms with Crippen molar-refractivity contribution >= 4 is 15.9 Å². The molecular formula is C15H31N3O3S. The molecule has 22 heavy (non-hydrogen) atoms. The minimum absolute atomic E-state index is 0.0148. The predicted molar refractivity (Wildman–Crippen MR) is 89.2 cm³/mol. The highest BCUT2D eigenvalue weighted by atomic mass is 32.2. The van der Waals surface area contributed by atoms with E-state index in [0.29, 0.717) is 0 Å². The molecule has 6 nitrogen and oxygen atoms in total. The molecule has 0 aromatic rings. The Hall–Kier alpha value is -0.660. The first-order valence-electron chi connectivity index (χ1n) is 8.26. The Morgan fingerprint density at radius 1 is 1.18 bits per heavy atom. The van der Waals surface area contributed by atoms with E-state index in [1.807, 2.05) is 18.7 Å². The molecular weight excluding hydrogens is 302 g/mol. The summed E-state index contributed by atoms with van der Waals surface area (Å²) in [6.45, 7) is 8.05. The van der Waals surface area contributed by atoms with Crippen LogP contribution in [0.2, 0.25) is 0 Å². The molecule has 1 amide bonds. The summed E-state index contributed by atoms with van der Waals surface area (Å²) in [7, 11) is -3.23. The molecule has 0 saturated carbocycles. The van der Waals surface area contributed by atoms with Gasteiger partial charge in [-0.2, -0.15) is 0 Å². The first-order chi connectivity index (χ1) is 10.3. The zero-order valence-electron chi connectivity index (χ0n) is 14.2. The molecule has 0 aliphatic carbocycles. The molecule has 0 aromatic heterocycles. The van der Waals surface area contributed by atoms with Gasteiger partial charge in [-0.3, -0.25) is 4.79 Å². The molecule has 1 aliphatic heterocycles. The third-order valence-electron chi connectivity index (χ3n) is 4.00. The Morgan fingerprint density at radius 3 is 2.27 bits per heavy atom. The van der Waals surface area contributed by atoms with Crippen molar-refractivity contribution in [2.75, 3.05) is 39.0 Å². The van der Waals surface area contributed by atoms with Crippen LogP contribution >= 0.6 is 0 Å². The smallest absolute Gasteiger partial charge is 0.224 e. The SMILES string of the molecule is CC(C)N(CCN1CCCCCC1)C(=O)CCNS(C)(=O)=O. The fourth-order valence-corrected chi connectivity index (χ4v) is 3.24. The number of carbonyl (C=O) groups is 1. The monoisotopic (exact) mass is 333 g/mol. The molecule has 0 bridgehead atoms. The van der Waals surface area contributed by atoms with Crippen LogP contribution in [0.1, 0.15) is 46.0 Å². The molecule has 7 heteroatoms. The molecule has 0 unspecified atom stereocenters. The first-order valence-corrected chi connectivity index (χ1v) is 10.1. The molecule has 1 saturated heterocycles. The molecule has 130 valence electrons. The molecule has 1 fully saturated rings. The quantitative estimate of drug-likeness (QED) is 0.720. The van der Waals surface area contributed by atoms with Gasteiger partial charge in [0.25, 0.3) is 0 Å². The van der Waals surface area contributed by atoms with E-state index in [4.69, 9.17) is 0 Å². The van der Waals surface area contributed by atoms with Gasteiger partial charge in [-0.05, 0) is 39.8 Å². The predicted octanol–water partition coefficient (Wildman–Crippen LogP) is 1.04. The summed E-state index contributed by atoms with van der Waals surface area (Å²) in [5.41, 5.74) is 0. The van der Waals surface area contributed by atoms with Gasteiger partial charge in [-0.25, -0.2) is 13.1 Å². The van der Waals surface area contributed by atoms with Gasteiger partial charge >= 0.3 is 0 Å². The Balaban J connectivity index is 2.41. The maximum atomic E-state index is 12.3. The number of likely N-dealkylation sites (tertiary alicyclic amines) is 1. The number of hydrogen-bond donors (Lipinski definition) is 1. The van der Waals surface area contributed by atoms with Crippen molar-refractivity contribution < 1.29 is 13.2 Å². The summed E-state index contributed by atoms with van der Waals surface area (Å²) in [4.78, 5) is 16.6. The molecule has 0 aromatic carbocycles. The molecule has 0 radical (unpaired) electrons. The summed E-state index contributed by atoms with van der Waals surface area (Å²) in [6.07, 6.45) is 6.42. The van der Waals surface area contributed by atoms with Crippen LogP contribution in [0.25, 0.3) is 0 Å². The average molecular weight is 333 g/mol. The number of nitrogens with zero attached hydrogens (tertiary/aromatic N) is 2. The zero-order chi connectivity index (χ0) is 16.6. The fraction of sp³-hybridized carbons (Fsp3) is 0.933. The van der Waals surface area contributed by atoms with E-state index >= 15 is 0 Å². The maximum absolute atomic E-state index is 12.3. The lowest BCUT2D eigenvalue weighted by Gasteiger charge is -2.30. The Labute approximate surface area is 135 Å². The third-order valence-corrected chi connectivity index (χ3v) is 4.73. The number of hydrogen-bond acceptors (Lipinski definition) is 4. The normalized spacial score (nSPS) is 17.5. The van der Waals surface area contributed by atoms with Gasteiger partial charge in [0.1, 0.15) is 0 Å². The molecule has 1 N–H and O–H groups in total. The van der Waals surface area contributed by atoms with Crippen molar-refractivity contribution in [3.63, 3.8) is 0 Å². The lowest BCUT2D eigenvalue weighted by atomic mass is 10.2. The van der Waals surface area contributed by atoms with Crippen molar-refractivity contribution in [2.45, 2.75) is 52.0 Å². The number of nitrogens with one attached hydrogen (secondary N) is 1. The van der Waals surface area contributed by atoms with Crippen molar-refractivity contribution in [1.82, 2.24) is 14.5 Å². The zero-order valence-corrected chi connectivity index (χ0v) is 15.0. The largest absolute Gasteiger partial charge is 0.339 e. The minimum atomic E-state index is -3.23. The van der Waals surface area contributed by atoms with Crippen LogP contribution in [0.5, 0.6) is 0 Å². The molecule has 0 spiro atoms. The highest BCUT2D eigenvalue weighted by molar-refractivity contribution is 7.88. The second-order valence-electron chi connectivity index (χ2n) is 6.35. The summed E-state index contributed by atoms with van der Waals surface area (Å²) in [6, 6.07) is 0.137. The van der Waals surface area contributed by atoms with Gasteiger partial charge in [0.2, 0.25) is 15.9 Å². The van der Waals surface area contributed by atoms with Crippen LogP contribution in [-0.2, 0) is 14.8 Å². The van der Waals surface area contributed by atoms with E-state index in [1.54, 1.807) is 0 Å². The second-order valence-corrected chi connectivity index (χ2v) is 8.19. The van der Waals surface area contributed by atoms with Crippen LogP contribution < -0.4 is 4.72 Å². The fourth-order valence-electron chi connectivity index (χ4n) is 2.77. The molecule has 0 atom stereocenters. The van der Waals surface area contributed by atoms with E-state index in [2.05, 4.69) is 9.62 Å². The number of amides is 1. The average Bonchev–Trinajstić information content (AvgIpc) is 2.65. The van der Waals surface area contributed by atoms with E-state index < -0.39 is 10.0 Å². The van der Waals surface area contributed by atoms with Crippen molar-refractivity contribution in [3.8, 4) is 0 Å². The van der Waals surface area contributed by atoms with Crippen molar-refractivity contribution in [3.05, 3.63) is 0 Å². The van der Waals surface area contributed by atoms with Gasteiger partial charge in [0.05, 0.1) is 6.26 Å². The summed E-state index contributed by atoms with van der Waals surface area (Å²) in [5.74, 6) is 0.0148. The van der Waals surface area contributed by atoms with Crippen LogP contribution in [0.15, 0.2) is 0 Å². The number of carbonyl (C=O) groups excluding carboxylic acids is 1. The van der Waals surface area contributed by atoms with Gasteiger partial charge in [-0.1, -0.05) is 12.8 Å². The Morgan fingerprint density at radius 2 is 1.77 bits per heavy atom. The molecule has 1 heterocycles. The van der Waals surface area contributed by atoms with Gasteiger partial charge < -0.3 is 9.80 Å². The van der Waals surface area contributed by atoms with Crippen molar-refractivity contribution in [2.24, 2.45) is 0 Å². The van der Waals surface area contributed by atoms with Gasteiger partial charge in [0, 0.05) is 32.1 Å². The molecule has 1 rings (SSSR count). The summed E-state index contributed by atoms with van der Waals surface area (Å²) in [5, 5.41) is 0. The lowest BCUT2D eigenvalue weighted by molar-refractivity contribution is -0.132. The minimum Gasteiger partial charge on any atom is -0.339 e. The highest BCUT2D eigenvalue weighted by Crippen LogP contribution is 2.10. The van der Waals surface area contributed by atoms with Gasteiger partial charge in [-0.15, -0.1) is 0 Å². The molecule has 1 aliphatic rings.